The van der Waals surface area contributed by atoms with Crippen LogP contribution in [0.25, 0.3) is 0 Å². The number of fused-ring (bicyclic) bond motifs is 1. The molecule has 0 saturated heterocycles. The van der Waals surface area contributed by atoms with Gasteiger partial charge in [0.05, 0.1) is 12.6 Å². The number of urea groups is 1. The zero-order valence-electron chi connectivity index (χ0n) is 11.7. The van der Waals surface area contributed by atoms with Gasteiger partial charge in [-0.3, -0.25) is 0 Å². The van der Waals surface area contributed by atoms with E-state index in [1.54, 1.807) is 11.0 Å². The highest BCUT2D eigenvalue weighted by Gasteiger charge is 2.34. The van der Waals surface area contributed by atoms with E-state index < -0.39 is 0 Å². The number of benzene rings is 1. The van der Waals surface area contributed by atoms with Crippen molar-refractivity contribution < 1.29 is 14.3 Å². The highest BCUT2D eigenvalue weighted by molar-refractivity contribution is 7.99. The molecule has 1 fully saturated rings. The summed E-state index contributed by atoms with van der Waals surface area (Å²) in [5.41, 5.74) is 0.861. The van der Waals surface area contributed by atoms with Crippen LogP contribution in [0.1, 0.15) is 30.9 Å². The van der Waals surface area contributed by atoms with Gasteiger partial charge in [0.1, 0.15) is 5.82 Å². The number of halogens is 1. The molecule has 4 nitrogen and oxygen atoms in total. The Morgan fingerprint density at radius 2 is 2.24 bits per heavy atom. The van der Waals surface area contributed by atoms with Crippen LogP contribution in [0.2, 0.25) is 0 Å². The van der Waals surface area contributed by atoms with Gasteiger partial charge in [-0.2, -0.15) is 0 Å². The molecule has 1 heterocycles. The number of rotatable bonds is 4. The summed E-state index contributed by atoms with van der Waals surface area (Å²) in [6, 6.07) is 4.97. The lowest BCUT2D eigenvalue weighted by Gasteiger charge is -2.29. The zero-order valence-corrected chi connectivity index (χ0v) is 12.5. The van der Waals surface area contributed by atoms with Gasteiger partial charge in [-0.25, -0.2) is 9.18 Å². The Balaban J connectivity index is 1.74. The second kappa shape index (κ2) is 6.23. The normalized spacial score (nSPS) is 20.8. The van der Waals surface area contributed by atoms with Gasteiger partial charge in [-0.1, -0.05) is 12.1 Å². The lowest BCUT2D eigenvalue weighted by atomic mass is 10.0. The molecule has 1 aromatic rings. The smallest absolute Gasteiger partial charge is 0.318 e. The Labute approximate surface area is 127 Å². The van der Waals surface area contributed by atoms with Crippen molar-refractivity contribution in [3.8, 4) is 0 Å². The number of carbonyl (C=O) groups is 1. The first kappa shape index (κ1) is 14.7. The molecule has 1 aromatic carbocycles. The van der Waals surface area contributed by atoms with E-state index in [2.05, 4.69) is 5.32 Å². The quantitative estimate of drug-likeness (QED) is 0.898. The fraction of sp³-hybridized carbons (Fsp3) is 0.533. The summed E-state index contributed by atoms with van der Waals surface area (Å²) in [5.74, 6) is 0.577. The molecule has 1 aliphatic carbocycles. The van der Waals surface area contributed by atoms with E-state index >= 15 is 0 Å². The molecule has 114 valence electrons. The van der Waals surface area contributed by atoms with Crippen LogP contribution in [0, 0.1) is 5.82 Å². The number of hydrogen-bond acceptors (Lipinski definition) is 3. The third kappa shape index (κ3) is 3.16. The summed E-state index contributed by atoms with van der Waals surface area (Å²) < 4.78 is 13.8. The highest BCUT2D eigenvalue weighted by atomic mass is 32.2. The summed E-state index contributed by atoms with van der Waals surface area (Å²) in [6.45, 7) is 0.323. The minimum absolute atomic E-state index is 0.0321. The first-order valence-electron chi connectivity index (χ1n) is 7.30. The standard InChI is InChI=1S/C15H19FN2O2S/c16-12-3-1-2-11-13(6-9-21-14(11)12)17-15(20)18(7-8-19)10-4-5-10/h1-3,10,13,19H,4-9H2,(H,17,20). The van der Waals surface area contributed by atoms with Crippen molar-refractivity contribution in [2.24, 2.45) is 0 Å². The van der Waals surface area contributed by atoms with E-state index in [0.29, 0.717) is 11.4 Å². The van der Waals surface area contributed by atoms with Crippen LogP contribution in [-0.2, 0) is 0 Å². The topological polar surface area (TPSA) is 52.6 Å². The Kier molecular flexibility index (Phi) is 4.35. The van der Waals surface area contributed by atoms with Crippen molar-refractivity contribution >= 4 is 17.8 Å². The lowest BCUT2D eigenvalue weighted by Crippen LogP contribution is -2.44. The number of carbonyl (C=O) groups excluding carboxylic acids is 1. The van der Waals surface area contributed by atoms with Crippen LogP contribution in [0.15, 0.2) is 23.1 Å². The van der Waals surface area contributed by atoms with Crippen LogP contribution < -0.4 is 5.32 Å². The molecule has 1 unspecified atom stereocenters. The predicted octanol–water partition coefficient (Wildman–Crippen LogP) is 2.53. The molecule has 0 aromatic heterocycles. The molecule has 2 amide bonds. The number of amides is 2. The van der Waals surface area contributed by atoms with Crippen molar-refractivity contribution in [1.82, 2.24) is 10.2 Å². The minimum atomic E-state index is -0.217. The molecule has 1 saturated carbocycles. The summed E-state index contributed by atoms with van der Waals surface area (Å²) in [4.78, 5) is 14.7. The first-order chi connectivity index (χ1) is 10.2. The summed E-state index contributed by atoms with van der Waals surface area (Å²) in [6.07, 6.45) is 2.79. The van der Waals surface area contributed by atoms with E-state index in [0.717, 1.165) is 30.6 Å². The Bertz CT molecular complexity index is 536. The van der Waals surface area contributed by atoms with Crippen molar-refractivity contribution in [1.29, 1.82) is 0 Å². The molecule has 1 aliphatic heterocycles. The number of aliphatic hydroxyl groups excluding tert-OH is 1. The van der Waals surface area contributed by atoms with Gasteiger partial charge in [-0.15, -0.1) is 11.8 Å². The Morgan fingerprint density at radius 3 is 2.95 bits per heavy atom. The van der Waals surface area contributed by atoms with Gasteiger partial charge < -0.3 is 15.3 Å². The van der Waals surface area contributed by atoms with Crippen LogP contribution in [-0.4, -0.2) is 41.0 Å². The van der Waals surface area contributed by atoms with E-state index in [-0.39, 0.29) is 30.5 Å². The number of nitrogens with one attached hydrogen (secondary N) is 1. The largest absolute Gasteiger partial charge is 0.395 e. The molecule has 21 heavy (non-hydrogen) atoms. The molecule has 2 aliphatic rings. The van der Waals surface area contributed by atoms with Gasteiger partial charge >= 0.3 is 6.03 Å². The monoisotopic (exact) mass is 310 g/mol. The molecule has 1 atom stereocenters. The average molecular weight is 310 g/mol. The average Bonchev–Trinajstić information content (AvgIpc) is 3.30. The van der Waals surface area contributed by atoms with Crippen molar-refractivity contribution in [3.63, 3.8) is 0 Å². The highest BCUT2D eigenvalue weighted by Crippen LogP contribution is 2.38. The minimum Gasteiger partial charge on any atom is -0.395 e. The third-order valence-corrected chi connectivity index (χ3v) is 5.07. The van der Waals surface area contributed by atoms with E-state index in [1.165, 1.54) is 17.8 Å². The van der Waals surface area contributed by atoms with Gasteiger partial charge in [0.25, 0.3) is 0 Å². The Morgan fingerprint density at radius 1 is 1.43 bits per heavy atom. The van der Waals surface area contributed by atoms with Gasteiger partial charge in [0.2, 0.25) is 0 Å². The number of thioether (sulfide) groups is 1. The first-order valence-corrected chi connectivity index (χ1v) is 8.28. The van der Waals surface area contributed by atoms with Crippen LogP contribution in [0.3, 0.4) is 0 Å². The fourth-order valence-electron chi connectivity index (χ4n) is 2.71. The SMILES string of the molecule is O=C(NC1CCSc2c(F)cccc21)N(CCO)C1CC1. The molecule has 0 radical (unpaired) electrons. The van der Waals surface area contributed by atoms with E-state index in [9.17, 15) is 9.18 Å². The molecule has 6 heteroatoms. The number of aliphatic hydroxyl groups is 1. The molecule has 3 rings (SSSR count). The Hall–Kier alpha value is -1.27. The maximum Gasteiger partial charge on any atom is 0.318 e. The van der Waals surface area contributed by atoms with E-state index in [4.69, 9.17) is 5.11 Å². The van der Waals surface area contributed by atoms with Crippen LogP contribution >= 0.6 is 11.8 Å². The molecule has 2 N–H and O–H groups in total. The third-order valence-electron chi connectivity index (χ3n) is 3.91. The van der Waals surface area contributed by atoms with Crippen molar-refractivity contribution in [2.75, 3.05) is 18.9 Å². The van der Waals surface area contributed by atoms with Crippen LogP contribution in [0.5, 0.6) is 0 Å². The second-order valence-corrected chi connectivity index (χ2v) is 6.55. The second-order valence-electron chi connectivity index (χ2n) is 5.45. The van der Waals surface area contributed by atoms with Gasteiger partial charge in [-0.05, 0) is 30.9 Å². The number of hydrogen-bond donors (Lipinski definition) is 2. The van der Waals surface area contributed by atoms with Gasteiger partial charge in [0.15, 0.2) is 0 Å². The van der Waals surface area contributed by atoms with Crippen molar-refractivity contribution in [2.45, 2.75) is 36.2 Å². The molecular formula is C15H19FN2O2S. The summed E-state index contributed by atoms with van der Waals surface area (Å²) in [5, 5.41) is 12.1. The van der Waals surface area contributed by atoms with Crippen molar-refractivity contribution in [3.05, 3.63) is 29.6 Å². The number of nitrogens with zero attached hydrogens (tertiary/aromatic N) is 1. The maximum atomic E-state index is 13.8. The molecular weight excluding hydrogens is 291 g/mol. The predicted molar refractivity (Wildman–Crippen MR) is 79.8 cm³/mol. The fourth-order valence-corrected chi connectivity index (χ4v) is 3.85. The van der Waals surface area contributed by atoms with Crippen LogP contribution in [0.4, 0.5) is 9.18 Å². The van der Waals surface area contributed by atoms with E-state index in [1.807, 2.05) is 6.07 Å². The lowest BCUT2D eigenvalue weighted by molar-refractivity contribution is 0.170. The molecule has 0 bridgehead atoms. The maximum absolute atomic E-state index is 13.8. The van der Waals surface area contributed by atoms with Gasteiger partial charge in [0, 0.05) is 23.2 Å². The zero-order chi connectivity index (χ0) is 14.8. The molecule has 0 spiro atoms. The summed E-state index contributed by atoms with van der Waals surface area (Å²) in [7, 11) is 0. The summed E-state index contributed by atoms with van der Waals surface area (Å²) >= 11 is 1.50.